The highest BCUT2D eigenvalue weighted by molar-refractivity contribution is 5.66. The highest BCUT2D eigenvalue weighted by Crippen LogP contribution is 2.35. The minimum Gasteiger partial charge on any atom is -0.488 e. The number of ether oxygens (including phenoxy) is 1. The molecule has 1 aromatic rings. The minimum atomic E-state index is 0.358. The van der Waals surface area contributed by atoms with Gasteiger partial charge in [-0.05, 0) is 19.1 Å². The second kappa shape index (κ2) is 3.22. The van der Waals surface area contributed by atoms with Gasteiger partial charge in [0.25, 0.3) is 0 Å². The smallest absolute Gasteiger partial charge is 0.160 e. The molecular weight excluding hydrogens is 176 g/mol. The van der Waals surface area contributed by atoms with Crippen molar-refractivity contribution >= 4 is 5.69 Å². The van der Waals surface area contributed by atoms with Gasteiger partial charge in [-0.3, -0.25) is 0 Å². The van der Waals surface area contributed by atoms with Crippen LogP contribution in [0.1, 0.15) is 12.5 Å². The summed E-state index contributed by atoms with van der Waals surface area (Å²) in [7, 11) is 2.02. The molecule has 72 valence electrons. The molecule has 0 fully saturated rings. The van der Waals surface area contributed by atoms with Crippen LogP contribution in [0.3, 0.4) is 0 Å². The lowest BCUT2D eigenvalue weighted by Gasteiger charge is -2.33. The summed E-state index contributed by atoms with van der Waals surface area (Å²) in [6.07, 6.45) is 0. The quantitative estimate of drug-likeness (QED) is 0.622. The zero-order valence-corrected chi connectivity index (χ0v) is 8.32. The first kappa shape index (κ1) is 8.89. The van der Waals surface area contributed by atoms with Crippen LogP contribution in [0.25, 0.3) is 0 Å². The molecule has 1 aromatic carbocycles. The van der Waals surface area contributed by atoms with Gasteiger partial charge in [0.15, 0.2) is 5.75 Å². The van der Waals surface area contributed by atoms with Crippen LogP contribution < -0.4 is 9.64 Å². The van der Waals surface area contributed by atoms with Crippen LogP contribution in [0.4, 0.5) is 5.69 Å². The summed E-state index contributed by atoms with van der Waals surface area (Å²) in [4.78, 5) is 2.14. The molecule has 2 rings (SSSR count). The van der Waals surface area contributed by atoms with E-state index in [1.807, 2.05) is 19.2 Å². The SMILES string of the molecule is CC1COc2c(C#N)cccc2N1C. The van der Waals surface area contributed by atoms with E-state index in [2.05, 4.69) is 17.9 Å². The van der Waals surface area contributed by atoms with E-state index in [1.165, 1.54) is 0 Å². The van der Waals surface area contributed by atoms with Crippen molar-refractivity contribution in [2.75, 3.05) is 18.6 Å². The maximum absolute atomic E-state index is 8.90. The van der Waals surface area contributed by atoms with Gasteiger partial charge in [-0.2, -0.15) is 5.26 Å². The zero-order valence-electron chi connectivity index (χ0n) is 8.32. The van der Waals surface area contributed by atoms with Gasteiger partial charge in [0.1, 0.15) is 12.7 Å². The molecule has 0 saturated carbocycles. The van der Waals surface area contributed by atoms with Crippen LogP contribution in [0.5, 0.6) is 5.75 Å². The number of nitriles is 1. The first-order chi connectivity index (χ1) is 6.74. The Morgan fingerprint density at radius 2 is 2.36 bits per heavy atom. The van der Waals surface area contributed by atoms with E-state index in [4.69, 9.17) is 10.00 Å². The van der Waals surface area contributed by atoms with Crippen molar-refractivity contribution in [1.82, 2.24) is 0 Å². The summed E-state index contributed by atoms with van der Waals surface area (Å²) < 4.78 is 5.56. The van der Waals surface area contributed by atoms with E-state index < -0.39 is 0 Å². The number of para-hydroxylation sites is 1. The Morgan fingerprint density at radius 1 is 1.57 bits per heavy atom. The lowest BCUT2D eigenvalue weighted by Crippen LogP contribution is -2.38. The number of rotatable bonds is 0. The molecular formula is C11H12N2O. The Hall–Kier alpha value is -1.69. The number of fused-ring (bicyclic) bond motifs is 1. The molecule has 0 aliphatic carbocycles. The van der Waals surface area contributed by atoms with E-state index in [0.717, 1.165) is 11.4 Å². The van der Waals surface area contributed by atoms with Gasteiger partial charge >= 0.3 is 0 Å². The lowest BCUT2D eigenvalue weighted by molar-refractivity contribution is 0.274. The zero-order chi connectivity index (χ0) is 10.1. The van der Waals surface area contributed by atoms with E-state index in [1.54, 1.807) is 6.07 Å². The van der Waals surface area contributed by atoms with E-state index in [0.29, 0.717) is 18.2 Å². The van der Waals surface area contributed by atoms with Crippen LogP contribution in [0.15, 0.2) is 18.2 Å². The molecule has 1 heterocycles. The van der Waals surface area contributed by atoms with E-state index in [-0.39, 0.29) is 0 Å². The van der Waals surface area contributed by atoms with Crippen LogP contribution in [-0.2, 0) is 0 Å². The third-order valence-electron chi connectivity index (χ3n) is 2.62. The Bertz CT molecular complexity index is 395. The van der Waals surface area contributed by atoms with Crippen LogP contribution in [0.2, 0.25) is 0 Å². The Labute approximate surface area is 83.5 Å². The van der Waals surface area contributed by atoms with Crippen LogP contribution in [0, 0.1) is 11.3 Å². The second-order valence-corrected chi connectivity index (χ2v) is 3.54. The van der Waals surface area contributed by atoms with Crippen LogP contribution >= 0.6 is 0 Å². The molecule has 0 bridgehead atoms. The summed E-state index contributed by atoms with van der Waals surface area (Å²) in [5.74, 6) is 0.718. The monoisotopic (exact) mass is 188 g/mol. The van der Waals surface area contributed by atoms with Crippen LogP contribution in [-0.4, -0.2) is 19.7 Å². The molecule has 14 heavy (non-hydrogen) atoms. The third-order valence-corrected chi connectivity index (χ3v) is 2.62. The number of nitrogens with zero attached hydrogens (tertiary/aromatic N) is 2. The summed E-state index contributed by atoms with van der Waals surface area (Å²) in [6, 6.07) is 8.14. The number of hydrogen-bond acceptors (Lipinski definition) is 3. The number of benzene rings is 1. The summed E-state index contributed by atoms with van der Waals surface area (Å²) in [5, 5.41) is 8.90. The predicted octanol–water partition coefficient (Wildman–Crippen LogP) is 1.78. The number of anilines is 1. The molecule has 0 amide bonds. The van der Waals surface area contributed by atoms with E-state index in [9.17, 15) is 0 Å². The average molecular weight is 188 g/mol. The highest BCUT2D eigenvalue weighted by atomic mass is 16.5. The van der Waals surface area contributed by atoms with Crippen molar-refractivity contribution in [1.29, 1.82) is 5.26 Å². The van der Waals surface area contributed by atoms with Crippen molar-refractivity contribution in [2.24, 2.45) is 0 Å². The van der Waals surface area contributed by atoms with Crippen molar-refractivity contribution in [2.45, 2.75) is 13.0 Å². The number of likely N-dealkylation sites (N-methyl/N-ethyl adjacent to an activating group) is 1. The van der Waals surface area contributed by atoms with Crippen molar-refractivity contribution in [3.63, 3.8) is 0 Å². The first-order valence-electron chi connectivity index (χ1n) is 4.63. The second-order valence-electron chi connectivity index (χ2n) is 3.54. The summed E-state index contributed by atoms with van der Waals surface area (Å²) in [5.41, 5.74) is 1.61. The third kappa shape index (κ3) is 1.20. The van der Waals surface area contributed by atoms with Gasteiger partial charge < -0.3 is 9.64 Å². The van der Waals surface area contributed by atoms with Gasteiger partial charge in [0, 0.05) is 7.05 Å². The van der Waals surface area contributed by atoms with E-state index >= 15 is 0 Å². The fraction of sp³-hybridized carbons (Fsp3) is 0.364. The number of hydrogen-bond donors (Lipinski definition) is 0. The van der Waals surface area contributed by atoms with Crippen molar-refractivity contribution in [3.8, 4) is 11.8 Å². The molecule has 0 aromatic heterocycles. The summed E-state index contributed by atoms with van der Waals surface area (Å²) in [6.45, 7) is 2.74. The maximum Gasteiger partial charge on any atom is 0.160 e. The van der Waals surface area contributed by atoms with Crippen molar-refractivity contribution < 1.29 is 4.74 Å². The molecule has 0 spiro atoms. The largest absolute Gasteiger partial charge is 0.488 e. The molecule has 3 heteroatoms. The molecule has 1 atom stereocenters. The fourth-order valence-electron chi connectivity index (χ4n) is 1.60. The minimum absolute atomic E-state index is 0.358. The molecule has 0 saturated heterocycles. The van der Waals surface area contributed by atoms with Gasteiger partial charge in [0.2, 0.25) is 0 Å². The molecule has 1 aliphatic rings. The fourth-order valence-corrected chi connectivity index (χ4v) is 1.60. The highest BCUT2D eigenvalue weighted by Gasteiger charge is 2.22. The standard InChI is InChI=1S/C11H12N2O/c1-8-7-14-11-9(6-12)4-3-5-10(11)13(8)2/h3-5,8H,7H2,1-2H3. The first-order valence-corrected chi connectivity index (χ1v) is 4.63. The van der Waals surface area contributed by atoms with Gasteiger partial charge in [0.05, 0.1) is 17.3 Å². The average Bonchev–Trinajstić information content (AvgIpc) is 2.23. The van der Waals surface area contributed by atoms with Gasteiger partial charge in [-0.25, -0.2) is 0 Å². The van der Waals surface area contributed by atoms with Gasteiger partial charge in [-0.1, -0.05) is 6.07 Å². The molecule has 1 unspecified atom stereocenters. The molecule has 0 N–H and O–H groups in total. The lowest BCUT2D eigenvalue weighted by atomic mass is 10.1. The normalized spacial score (nSPS) is 19.5. The van der Waals surface area contributed by atoms with Gasteiger partial charge in [-0.15, -0.1) is 0 Å². The molecule has 1 aliphatic heterocycles. The summed E-state index contributed by atoms with van der Waals surface area (Å²) >= 11 is 0. The topological polar surface area (TPSA) is 36.3 Å². The maximum atomic E-state index is 8.90. The predicted molar refractivity (Wildman–Crippen MR) is 54.5 cm³/mol. The Kier molecular flexibility index (Phi) is 2.05. The molecule has 0 radical (unpaired) electrons. The Balaban J connectivity index is 2.53. The Morgan fingerprint density at radius 3 is 3.07 bits per heavy atom. The van der Waals surface area contributed by atoms with Crippen molar-refractivity contribution in [3.05, 3.63) is 23.8 Å². The molecule has 3 nitrogen and oxygen atoms in total.